The second kappa shape index (κ2) is 9.34. The average molecular weight is 498 g/mol. The van der Waals surface area contributed by atoms with Gasteiger partial charge in [-0.2, -0.15) is 8.78 Å². The number of fused-ring (bicyclic) bond motifs is 1. The zero-order valence-electron chi connectivity index (χ0n) is 17.6. The number of ether oxygens (including phenoxy) is 1. The van der Waals surface area contributed by atoms with Crippen LogP contribution in [0.25, 0.3) is 6.08 Å². The van der Waals surface area contributed by atoms with Crippen LogP contribution in [0.15, 0.2) is 29.2 Å². The Kier molecular flexibility index (Phi) is 6.66. The van der Waals surface area contributed by atoms with Crippen molar-refractivity contribution in [3.8, 4) is 5.75 Å². The van der Waals surface area contributed by atoms with E-state index >= 15 is 0 Å². The second-order valence-electron chi connectivity index (χ2n) is 7.84. The fourth-order valence-corrected chi connectivity index (χ4v) is 6.31. The molecule has 3 aliphatic heterocycles. The van der Waals surface area contributed by atoms with E-state index in [1.807, 2.05) is 6.92 Å². The number of benzene rings is 1. The number of alkyl halides is 2. The van der Waals surface area contributed by atoms with E-state index in [4.69, 9.17) is 0 Å². The van der Waals surface area contributed by atoms with Crippen molar-refractivity contribution in [1.29, 1.82) is 0 Å². The van der Waals surface area contributed by atoms with Gasteiger partial charge in [0.1, 0.15) is 11.8 Å². The Morgan fingerprint density at radius 2 is 2.03 bits per heavy atom. The van der Waals surface area contributed by atoms with Gasteiger partial charge in [0.25, 0.3) is 11.1 Å². The Labute approximate surface area is 197 Å². The largest absolute Gasteiger partial charge is 0.435 e. The second-order valence-corrected chi connectivity index (χ2v) is 10.3. The third-order valence-electron chi connectivity index (χ3n) is 5.66. The number of nitrogens with zero attached hydrogens (tertiary/aromatic N) is 2. The number of imide groups is 1. The Hall–Kier alpha value is -2.60. The van der Waals surface area contributed by atoms with Gasteiger partial charge in [-0.25, -0.2) is 0 Å². The zero-order chi connectivity index (χ0) is 23.8. The Morgan fingerprint density at radius 1 is 1.30 bits per heavy atom. The van der Waals surface area contributed by atoms with Crippen LogP contribution >= 0.6 is 23.5 Å². The standard InChI is InChI=1S/C21H21F2N3O5S2/c1-21-7-6-16(27)26(21)14(11-32-21)17(28)24-8-9-25-18(29)15(33-20(25)30)10-12-2-4-13(5-3-12)31-19(22)23/h2-5,10,14,19H,6-9,11H2,1H3,(H,24,28)/b15-10+. The molecule has 4 rings (SSSR count). The lowest BCUT2D eigenvalue weighted by atomic mass is 10.2. The summed E-state index contributed by atoms with van der Waals surface area (Å²) in [7, 11) is 0. The summed E-state index contributed by atoms with van der Waals surface area (Å²) in [5, 5.41) is 2.27. The van der Waals surface area contributed by atoms with Crippen LogP contribution in [0, 0.1) is 0 Å². The van der Waals surface area contributed by atoms with Crippen molar-refractivity contribution in [1.82, 2.24) is 15.1 Å². The van der Waals surface area contributed by atoms with E-state index in [0.29, 0.717) is 24.2 Å². The molecule has 3 saturated heterocycles. The number of hydrogen-bond donors (Lipinski definition) is 1. The highest BCUT2D eigenvalue weighted by molar-refractivity contribution is 8.18. The van der Waals surface area contributed by atoms with Gasteiger partial charge in [0.15, 0.2) is 0 Å². The van der Waals surface area contributed by atoms with E-state index in [2.05, 4.69) is 10.1 Å². The number of nitrogens with one attached hydrogen (secondary N) is 1. The molecule has 0 aliphatic carbocycles. The summed E-state index contributed by atoms with van der Waals surface area (Å²) in [5.41, 5.74) is 0.549. The van der Waals surface area contributed by atoms with Crippen molar-refractivity contribution in [2.45, 2.75) is 37.3 Å². The average Bonchev–Trinajstić information content (AvgIpc) is 3.35. The molecule has 4 amide bonds. The topological polar surface area (TPSA) is 96.0 Å². The minimum atomic E-state index is -2.93. The molecule has 33 heavy (non-hydrogen) atoms. The van der Waals surface area contributed by atoms with Gasteiger partial charge in [-0.05, 0) is 48.9 Å². The minimum Gasteiger partial charge on any atom is -0.435 e. The van der Waals surface area contributed by atoms with E-state index in [1.54, 1.807) is 16.7 Å². The lowest BCUT2D eigenvalue weighted by Gasteiger charge is -2.29. The highest BCUT2D eigenvalue weighted by Gasteiger charge is 2.52. The summed E-state index contributed by atoms with van der Waals surface area (Å²) in [6.45, 7) is -0.897. The lowest BCUT2D eigenvalue weighted by Crippen LogP contribution is -2.51. The summed E-state index contributed by atoms with van der Waals surface area (Å²) in [6, 6.07) is 5.13. The molecule has 176 valence electrons. The van der Waals surface area contributed by atoms with Crippen LogP contribution in [-0.2, 0) is 14.4 Å². The number of halogens is 2. The van der Waals surface area contributed by atoms with E-state index in [0.717, 1.165) is 16.7 Å². The number of thioether (sulfide) groups is 2. The molecule has 0 aromatic heterocycles. The van der Waals surface area contributed by atoms with Gasteiger partial charge in [-0.3, -0.25) is 24.1 Å². The summed E-state index contributed by atoms with van der Waals surface area (Å²) in [4.78, 5) is 52.3. The zero-order valence-corrected chi connectivity index (χ0v) is 19.2. The van der Waals surface area contributed by atoms with Gasteiger partial charge in [0.05, 0.1) is 9.78 Å². The monoisotopic (exact) mass is 497 g/mol. The molecule has 8 nitrogen and oxygen atoms in total. The molecule has 0 radical (unpaired) electrons. The van der Waals surface area contributed by atoms with Crippen LogP contribution < -0.4 is 10.1 Å². The molecule has 1 N–H and O–H groups in total. The van der Waals surface area contributed by atoms with Crippen LogP contribution in [0.2, 0.25) is 0 Å². The number of carbonyl (C=O) groups excluding carboxylic acids is 4. The van der Waals surface area contributed by atoms with Gasteiger partial charge in [0.2, 0.25) is 11.8 Å². The SMILES string of the molecule is CC12CCC(=O)N1C(C(=O)NCCN1C(=O)S/C(=C/c3ccc(OC(F)F)cc3)C1=O)CS2. The summed E-state index contributed by atoms with van der Waals surface area (Å²) < 4.78 is 28.8. The molecule has 12 heteroatoms. The quantitative estimate of drug-likeness (QED) is 0.579. The lowest BCUT2D eigenvalue weighted by molar-refractivity contribution is -0.137. The van der Waals surface area contributed by atoms with E-state index in [1.165, 1.54) is 30.3 Å². The molecule has 0 spiro atoms. The minimum absolute atomic E-state index is 0.00000985. The van der Waals surface area contributed by atoms with Crippen molar-refractivity contribution in [3.63, 3.8) is 0 Å². The number of amides is 4. The maximum atomic E-state index is 12.6. The first-order chi connectivity index (χ1) is 15.7. The van der Waals surface area contributed by atoms with Crippen molar-refractivity contribution in [2.24, 2.45) is 0 Å². The Balaban J connectivity index is 1.32. The van der Waals surface area contributed by atoms with Crippen molar-refractivity contribution in [3.05, 3.63) is 34.7 Å². The van der Waals surface area contributed by atoms with E-state index in [9.17, 15) is 28.0 Å². The maximum Gasteiger partial charge on any atom is 0.387 e. The van der Waals surface area contributed by atoms with Crippen LogP contribution in [0.3, 0.4) is 0 Å². The molecular formula is C21H21F2N3O5S2. The van der Waals surface area contributed by atoms with Crippen molar-refractivity contribution in [2.75, 3.05) is 18.8 Å². The predicted molar refractivity (Wildman–Crippen MR) is 119 cm³/mol. The first-order valence-electron chi connectivity index (χ1n) is 10.2. The summed E-state index contributed by atoms with van der Waals surface area (Å²) in [6.07, 6.45) is 2.63. The molecule has 3 heterocycles. The van der Waals surface area contributed by atoms with Crippen LogP contribution in [0.4, 0.5) is 13.6 Å². The molecule has 0 saturated carbocycles. The maximum absolute atomic E-state index is 12.6. The van der Waals surface area contributed by atoms with E-state index < -0.39 is 23.8 Å². The van der Waals surface area contributed by atoms with E-state index in [-0.39, 0.29) is 40.4 Å². The molecule has 3 fully saturated rings. The van der Waals surface area contributed by atoms with Gasteiger partial charge in [-0.15, -0.1) is 11.8 Å². The first-order valence-corrected chi connectivity index (χ1v) is 12.0. The molecular weight excluding hydrogens is 476 g/mol. The smallest absolute Gasteiger partial charge is 0.387 e. The normalized spacial score (nSPS) is 26.0. The summed E-state index contributed by atoms with van der Waals surface area (Å²) >= 11 is 2.36. The van der Waals surface area contributed by atoms with Gasteiger partial charge >= 0.3 is 6.61 Å². The third-order valence-corrected chi connectivity index (χ3v) is 8.07. The fraction of sp³-hybridized carbons (Fsp3) is 0.429. The number of carbonyl (C=O) groups is 4. The van der Waals surface area contributed by atoms with Crippen LogP contribution in [0.5, 0.6) is 5.75 Å². The summed E-state index contributed by atoms with van der Waals surface area (Å²) in [5.74, 6) is -0.324. The highest BCUT2D eigenvalue weighted by atomic mass is 32.2. The molecule has 2 atom stereocenters. The fourth-order valence-electron chi connectivity index (χ4n) is 4.01. The molecule has 1 aromatic carbocycles. The molecule has 3 aliphatic rings. The molecule has 2 unspecified atom stereocenters. The number of rotatable bonds is 7. The molecule has 0 bridgehead atoms. The van der Waals surface area contributed by atoms with Crippen LogP contribution in [0.1, 0.15) is 25.3 Å². The third kappa shape index (κ3) is 4.86. The van der Waals surface area contributed by atoms with Gasteiger partial charge in [-0.1, -0.05) is 12.1 Å². The van der Waals surface area contributed by atoms with Crippen LogP contribution in [-0.4, -0.2) is 69.1 Å². The Bertz CT molecular complexity index is 1020. The number of hydrogen-bond acceptors (Lipinski definition) is 7. The van der Waals surface area contributed by atoms with Gasteiger partial charge < -0.3 is 15.0 Å². The van der Waals surface area contributed by atoms with Gasteiger partial charge in [0, 0.05) is 25.3 Å². The highest BCUT2D eigenvalue weighted by Crippen LogP contribution is 2.47. The molecule has 1 aromatic rings. The Morgan fingerprint density at radius 3 is 2.73 bits per heavy atom. The first kappa shape index (κ1) is 23.6. The van der Waals surface area contributed by atoms with Crippen molar-refractivity contribution >= 4 is 52.6 Å². The predicted octanol–water partition coefficient (Wildman–Crippen LogP) is 2.89. The van der Waals surface area contributed by atoms with Crippen molar-refractivity contribution < 1.29 is 32.7 Å².